The Morgan fingerprint density at radius 3 is 2.51 bits per heavy atom. The van der Waals surface area contributed by atoms with Crippen molar-refractivity contribution in [3.63, 3.8) is 0 Å². The molecule has 3 heterocycles. The lowest BCUT2D eigenvalue weighted by Gasteiger charge is -2.35. The molecule has 0 aliphatic carbocycles. The van der Waals surface area contributed by atoms with E-state index in [9.17, 15) is 14.4 Å². The highest BCUT2D eigenvalue weighted by Crippen LogP contribution is 2.30. The summed E-state index contributed by atoms with van der Waals surface area (Å²) in [6, 6.07) is 8.17. The predicted molar refractivity (Wildman–Crippen MR) is 129 cm³/mol. The van der Waals surface area contributed by atoms with E-state index in [0.717, 1.165) is 5.82 Å². The van der Waals surface area contributed by atoms with Crippen LogP contribution in [-0.4, -0.2) is 78.7 Å². The van der Waals surface area contributed by atoms with E-state index in [1.165, 1.54) is 22.8 Å². The van der Waals surface area contributed by atoms with E-state index in [1.807, 2.05) is 13.0 Å². The molecular formula is C25H28FN5O4. The summed E-state index contributed by atoms with van der Waals surface area (Å²) >= 11 is 0. The summed E-state index contributed by atoms with van der Waals surface area (Å²) in [6.07, 6.45) is 3.57. The highest BCUT2D eigenvalue weighted by Gasteiger charge is 2.36. The fraction of sp³-hybridized carbons (Fsp3) is 0.360. The Hall–Kier alpha value is -3.95. The van der Waals surface area contributed by atoms with Crippen molar-refractivity contribution in [3.05, 3.63) is 54.5 Å². The van der Waals surface area contributed by atoms with Gasteiger partial charge >= 0.3 is 6.09 Å². The van der Waals surface area contributed by atoms with Gasteiger partial charge in [-0.2, -0.15) is 0 Å². The zero-order chi connectivity index (χ0) is 25.1. The molecule has 1 atom stereocenters. The third-order valence-corrected chi connectivity index (χ3v) is 6.27. The third kappa shape index (κ3) is 5.11. The maximum atomic E-state index is 15.0. The summed E-state index contributed by atoms with van der Waals surface area (Å²) < 4.78 is 20.3. The molecule has 2 saturated heterocycles. The lowest BCUT2D eigenvalue weighted by atomic mass is 10.1. The van der Waals surface area contributed by atoms with Gasteiger partial charge in [0.05, 0.1) is 12.2 Å². The number of anilines is 2. The average molecular weight is 482 g/mol. The molecule has 0 bridgehead atoms. The molecule has 2 aliphatic heterocycles. The molecule has 2 fully saturated rings. The van der Waals surface area contributed by atoms with Crippen LogP contribution in [0.25, 0.3) is 11.1 Å². The van der Waals surface area contributed by atoms with Crippen molar-refractivity contribution >= 4 is 29.4 Å². The van der Waals surface area contributed by atoms with Crippen molar-refractivity contribution in [1.29, 1.82) is 0 Å². The first-order valence-corrected chi connectivity index (χ1v) is 11.4. The number of allylic oxidation sites excluding steroid dienone is 1. The fourth-order valence-corrected chi connectivity index (χ4v) is 4.11. The van der Waals surface area contributed by atoms with E-state index in [2.05, 4.69) is 9.88 Å². The molecule has 1 aromatic heterocycles. The average Bonchev–Trinajstić information content (AvgIpc) is 3.25. The molecule has 184 valence electrons. The molecule has 9 nitrogen and oxygen atoms in total. The summed E-state index contributed by atoms with van der Waals surface area (Å²) in [5.41, 5.74) is 1.32. The minimum absolute atomic E-state index is 0.0120. The van der Waals surface area contributed by atoms with Gasteiger partial charge in [0.1, 0.15) is 11.6 Å². The highest BCUT2D eigenvalue weighted by molar-refractivity contribution is 5.90. The van der Waals surface area contributed by atoms with Gasteiger partial charge in [-0.05, 0) is 43.3 Å². The molecule has 35 heavy (non-hydrogen) atoms. The van der Waals surface area contributed by atoms with Gasteiger partial charge in [-0.3, -0.25) is 14.5 Å². The van der Waals surface area contributed by atoms with Crippen LogP contribution in [0.1, 0.15) is 13.8 Å². The largest absolute Gasteiger partial charge is 0.423 e. The standard InChI is InChI=1S/C25H28FN5O4/c1-4-5-23(33)30-12-10-29(11-13-30)22-9-6-18(15-27-22)20-8-7-19(14-21(20)26)31-16-24(35-25(31)34)28(3)17(2)32/h4-9,14-15,24H,10-13,16H2,1-3H3/t24-/m0/s1. The molecular weight excluding hydrogens is 453 g/mol. The Kier molecular flexibility index (Phi) is 6.99. The van der Waals surface area contributed by atoms with E-state index in [4.69, 9.17) is 4.74 Å². The number of halogens is 1. The molecule has 2 aromatic rings. The summed E-state index contributed by atoms with van der Waals surface area (Å²) in [7, 11) is 1.55. The summed E-state index contributed by atoms with van der Waals surface area (Å²) in [6.45, 7) is 5.90. The van der Waals surface area contributed by atoms with Crippen LogP contribution in [0.4, 0.5) is 20.7 Å². The number of benzene rings is 1. The number of cyclic esters (lactones) is 1. The van der Waals surface area contributed by atoms with Gasteiger partial charge in [-0.1, -0.05) is 6.08 Å². The predicted octanol–water partition coefficient (Wildman–Crippen LogP) is 2.87. The van der Waals surface area contributed by atoms with Gasteiger partial charge in [0.15, 0.2) is 6.23 Å². The van der Waals surface area contributed by atoms with Crippen LogP contribution in [0.3, 0.4) is 0 Å². The first-order chi connectivity index (χ1) is 16.8. The minimum atomic E-state index is -0.720. The summed E-state index contributed by atoms with van der Waals surface area (Å²) in [4.78, 5) is 46.8. The van der Waals surface area contributed by atoms with Crippen molar-refractivity contribution in [2.24, 2.45) is 0 Å². The smallest absolute Gasteiger partial charge is 0.416 e. The molecule has 0 unspecified atom stereocenters. The highest BCUT2D eigenvalue weighted by atomic mass is 19.1. The van der Waals surface area contributed by atoms with Crippen molar-refractivity contribution in [3.8, 4) is 11.1 Å². The molecule has 0 saturated carbocycles. The summed E-state index contributed by atoms with van der Waals surface area (Å²) in [5.74, 6) is 0.0535. The number of hydrogen-bond acceptors (Lipinski definition) is 6. The molecule has 4 rings (SSSR count). The molecule has 3 amide bonds. The van der Waals surface area contributed by atoms with E-state index < -0.39 is 18.1 Å². The van der Waals surface area contributed by atoms with Crippen molar-refractivity contribution in [2.45, 2.75) is 20.1 Å². The fourth-order valence-electron chi connectivity index (χ4n) is 4.11. The topological polar surface area (TPSA) is 86.3 Å². The monoisotopic (exact) mass is 481 g/mol. The normalized spacial score (nSPS) is 18.2. The zero-order valence-corrected chi connectivity index (χ0v) is 20.0. The van der Waals surface area contributed by atoms with E-state index in [1.54, 1.807) is 48.5 Å². The maximum Gasteiger partial charge on any atom is 0.416 e. The van der Waals surface area contributed by atoms with Gasteiger partial charge in [0, 0.05) is 57.5 Å². The van der Waals surface area contributed by atoms with Crippen LogP contribution in [0, 0.1) is 5.82 Å². The van der Waals surface area contributed by atoms with Gasteiger partial charge in [0.2, 0.25) is 11.8 Å². The number of piperazine rings is 1. The molecule has 0 spiro atoms. The number of pyridine rings is 1. The molecule has 0 radical (unpaired) electrons. The number of ether oxygens (including phenoxy) is 1. The van der Waals surface area contributed by atoms with E-state index in [0.29, 0.717) is 43.0 Å². The van der Waals surface area contributed by atoms with Crippen LogP contribution < -0.4 is 9.80 Å². The number of rotatable bonds is 5. The SMILES string of the molecule is CC=CC(=O)N1CCN(c2ccc(-c3ccc(N4C[C@@H](N(C)C(C)=O)OC4=O)cc3F)cn2)CC1. The number of amides is 3. The van der Waals surface area contributed by atoms with Crippen molar-refractivity contribution in [2.75, 3.05) is 49.6 Å². The van der Waals surface area contributed by atoms with Gasteiger partial charge in [-0.15, -0.1) is 0 Å². The third-order valence-electron chi connectivity index (χ3n) is 6.27. The Labute approximate surface area is 203 Å². The zero-order valence-electron chi connectivity index (χ0n) is 20.0. The summed E-state index contributed by atoms with van der Waals surface area (Å²) in [5, 5.41) is 0. The van der Waals surface area contributed by atoms with Gasteiger partial charge in [0.25, 0.3) is 0 Å². The second kappa shape index (κ2) is 10.1. The second-order valence-corrected chi connectivity index (χ2v) is 8.46. The lowest BCUT2D eigenvalue weighted by Crippen LogP contribution is -2.48. The molecule has 1 aromatic carbocycles. The number of carbonyl (C=O) groups is 3. The van der Waals surface area contributed by atoms with Crippen LogP contribution >= 0.6 is 0 Å². The lowest BCUT2D eigenvalue weighted by molar-refractivity contribution is -0.134. The molecule has 0 N–H and O–H groups in total. The first-order valence-electron chi connectivity index (χ1n) is 11.4. The van der Waals surface area contributed by atoms with E-state index >= 15 is 4.39 Å². The number of carbonyl (C=O) groups excluding carboxylic acids is 3. The minimum Gasteiger partial charge on any atom is -0.423 e. The molecule has 2 aliphatic rings. The number of nitrogens with zero attached hydrogens (tertiary/aromatic N) is 5. The Balaban J connectivity index is 1.43. The quantitative estimate of drug-likeness (QED) is 0.611. The number of aromatic nitrogens is 1. The van der Waals surface area contributed by atoms with Crippen LogP contribution in [-0.2, 0) is 14.3 Å². The van der Waals surface area contributed by atoms with Crippen LogP contribution in [0.2, 0.25) is 0 Å². The van der Waals surface area contributed by atoms with Crippen molar-refractivity contribution in [1.82, 2.24) is 14.8 Å². The van der Waals surface area contributed by atoms with Crippen LogP contribution in [0.5, 0.6) is 0 Å². The Morgan fingerprint density at radius 2 is 1.91 bits per heavy atom. The second-order valence-electron chi connectivity index (χ2n) is 8.46. The van der Waals surface area contributed by atoms with Crippen LogP contribution in [0.15, 0.2) is 48.7 Å². The first kappa shape index (κ1) is 24.2. The Bertz CT molecular complexity index is 1150. The number of hydrogen-bond donors (Lipinski definition) is 0. The van der Waals surface area contributed by atoms with E-state index in [-0.39, 0.29) is 18.4 Å². The van der Waals surface area contributed by atoms with Crippen molar-refractivity contribution < 1.29 is 23.5 Å². The molecule has 10 heteroatoms. The number of likely N-dealkylation sites (N-methyl/N-ethyl adjacent to an activating group) is 1. The van der Waals surface area contributed by atoms with Gasteiger partial charge in [-0.25, -0.2) is 14.2 Å². The maximum absolute atomic E-state index is 15.0. The Morgan fingerprint density at radius 1 is 1.17 bits per heavy atom. The van der Waals surface area contributed by atoms with Gasteiger partial charge < -0.3 is 19.4 Å².